The summed E-state index contributed by atoms with van der Waals surface area (Å²) in [4.78, 5) is 26.2. The van der Waals surface area contributed by atoms with E-state index in [2.05, 4.69) is 41.5 Å². The van der Waals surface area contributed by atoms with E-state index in [0.717, 1.165) is 77.0 Å². The molecule has 0 aromatic carbocycles. The largest absolute Gasteiger partial charge is 0.393 e. The maximum atomic E-state index is 13.1. The van der Waals surface area contributed by atoms with Gasteiger partial charge in [0.25, 0.3) is 0 Å². The Bertz CT molecular complexity index is 1400. The first-order valence-electron chi connectivity index (χ1n) is 23.7. The number of fused-ring (bicyclic) bond motifs is 10. The topological polar surface area (TPSA) is 165 Å². The second-order valence-electron chi connectivity index (χ2n) is 22.9. The molecule has 57 heavy (non-hydrogen) atoms. The number of hydrogen-bond donors (Lipinski definition) is 6. The van der Waals surface area contributed by atoms with E-state index in [4.69, 9.17) is 4.74 Å². The monoisotopic (exact) mass is 799 g/mol. The van der Waals surface area contributed by atoms with Crippen LogP contribution in [-0.2, 0) is 14.3 Å². The Labute approximate surface area is 342 Å². The van der Waals surface area contributed by atoms with Crippen molar-refractivity contribution in [3.63, 3.8) is 0 Å². The number of aliphatic hydroxyl groups is 6. The second kappa shape index (κ2) is 15.4. The van der Waals surface area contributed by atoms with Gasteiger partial charge in [-0.15, -0.1) is 0 Å². The van der Waals surface area contributed by atoms with Gasteiger partial charge >= 0.3 is 11.9 Å². The van der Waals surface area contributed by atoms with E-state index in [1.807, 2.05) is 0 Å². The van der Waals surface area contributed by atoms with Crippen LogP contribution in [0.25, 0.3) is 0 Å². The number of carbonyl (C=O) groups is 2. The number of esters is 2. The summed E-state index contributed by atoms with van der Waals surface area (Å²) in [5, 5.41) is 68.0. The van der Waals surface area contributed by atoms with Crippen molar-refractivity contribution in [3.05, 3.63) is 0 Å². The van der Waals surface area contributed by atoms with Gasteiger partial charge in [0, 0.05) is 12.8 Å². The van der Waals surface area contributed by atoms with E-state index in [1.165, 1.54) is 0 Å². The molecule has 22 atom stereocenters. The predicted octanol–water partition coefficient (Wildman–Crippen LogP) is 6.81. The molecule has 0 aromatic rings. The van der Waals surface area contributed by atoms with Crippen LogP contribution in [0.1, 0.15) is 157 Å². The first kappa shape index (κ1) is 42.6. The van der Waals surface area contributed by atoms with Gasteiger partial charge in [-0.3, -0.25) is 9.59 Å². The lowest BCUT2D eigenvalue weighted by Gasteiger charge is -2.63. The molecule has 8 aliphatic carbocycles. The lowest BCUT2D eigenvalue weighted by molar-refractivity contribution is -0.207. The van der Waals surface area contributed by atoms with Gasteiger partial charge in [-0.05, 0) is 195 Å². The molecule has 8 fully saturated rings. The number of ether oxygens (including phenoxy) is 1. The van der Waals surface area contributed by atoms with Crippen LogP contribution in [0.2, 0.25) is 0 Å². The molecule has 8 aliphatic rings. The Morgan fingerprint density at radius 2 is 0.930 bits per heavy atom. The molecule has 0 aliphatic heterocycles. The first-order chi connectivity index (χ1) is 26.8. The maximum absolute atomic E-state index is 13.1. The van der Waals surface area contributed by atoms with Crippen LogP contribution < -0.4 is 0 Å². The van der Waals surface area contributed by atoms with Gasteiger partial charge in [0.15, 0.2) is 0 Å². The van der Waals surface area contributed by atoms with E-state index in [-0.39, 0.29) is 118 Å². The molecule has 9 heteroatoms. The summed E-state index contributed by atoms with van der Waals surface area (Å²) in [6, 6.07) is 0. The molecule has 0 amide bonds. The van der Waals surface area contributed by atoms with Crippen molar-refractivity contribution in [1.82, 2.24) is 0 Å². The van der Waals surface area contributed by atoms with Crippen molar-refractivity contribution in [3.8, 4) is 0 Å². The Morgan fingerprint density at radius 3 is 1.32 bits per heavy atom. The predicted molar refractivity (Wildman–Crippen MR) is 216 cm³/mol. The number of rotatable bonds is 8. The van der Waals surface area contributed by atoms with Crippen molar-refractivity contribution in [2.45, 2.75) is 194 Å². The van der Waals surface area contributed by atoms with Gasteiger partial charge in [-0.2, -0.15) is 0 Å². The standard InChI is InChI=1S/C48H78O9/c1-25(31-9-11-33-43-35(23-39(53)47(31,33)5)45(3)17-15-29(49)19-27(45)21-37(43)51)7-13-41(55)57-42(56)14-8-26(2)32-10-12-34-44-36(24-40(54)48(32,34)6)46(4)18-16-30(50)20-28(46)22-38(44)52/h25-40,43-44,49-54H,7-24H2,1-6H3. The second-order valence-corrected chi connectivity index (χ2v) is 22.9. The SMILES string of the molecule is CC(CCC(=O)OC(=O)CCC(C)C1CCC2C3C(O)CC4CC(O)CCC4(C)C3CC(O)C12C)C1CCC2C3C(O)CC4CC(O)CCC4(C)C3CC(O)C12C. The minimum Gasteiger partial charge on any atom is -0.393 e. The normalized spacial score (nSPS) is 53.9. The lowest BCUT2D eigenvalue weighted by atomic mass is 9.43. The zero-order chi connectivity index (χ0) is 41.0. The van der Waals surface area contributed by atoms with E-state index >= 15 is 0 Å². The maximum Gasteiger partial charge on any atom is 0.313 e. The fourth-order valence-electron chi connectivity index (χ4n) is 17.6. The molecule has 324 valence electrons. The average molecular weight is 799 g/mol. The van der Waals surface area contributed by atoms with Gasteiger partial charge in [-0.1, -0.05) is 41.5 Å². The van der Waals surface area contributed by atoms with Crippen LogP contribution >= 0.6 is 0 Å². The molecule has 0 bridgehead atoms. The summed E-state index contributed by atoms with van der Waals surface area (Å²) < 4.78 is 5.41. The summed E-state index contributed by atoms with van der Waals surface area (Å²) >= 11 is 0. The third kappa shape index (κ3) is 6.75. The molecule has 22 unspecified atom stereocenters. The molecule has 0 aromatic heterocycles. The van der Waals surface area contributed by atoms with Gasteiger partial charge in [-0.25, -0.2) is 0 Å². The highest BCUT2D eigenvalue weighted by Crippen LogP contribution is 2.70. The molecule has 6 N–H and O–H groups in total. The van der Waals surface area contributed by atoms with Crippen molar-refractivity contribution >= 4 is 11.9 Å². The summed E-state index contributed by atoms with van der Waals surface area (Å²) in [6.45, 7) is 13.5. The Balaban J connectivity index is 0.831. The lowest BCUT2D eigenvalue weighted by Crippen LogP contribution is -2.62. The fourth-order valence-corrected chi connectivity index (χ4v) is 17.6. The van der Waals surface area contributed by atoms with E-state index in [0.29, 0.717) is 25.7 Å². The number of hydrogen-bond acceptors (Lipinski definition) is 9. The third-order valence-corrected chi connectivity index (χ3v) is 20.9. The van der Waals surface area contributed by atoms with Crippen LogP contribution in [0.5, 0.6) is 0 Å². The minimum absolute atomic E-state index is 0.0318. The van der Waals surface area contributed by atoms with Crippen LogP contribution in [0.3, 0.4) is 0 Å². The summed E-state index contributed by atoms with van der Waals surface area (Å²) in [5.74, 6) is 1.57. The van der Waals surface area contributed by atoms with Crippen LogP contribution in [-0.4, -0.2) is 79.2 Å². The molecule has 0 heterocycles. The van der Waals surface area contributed by atoms with Crippen LogP contribution in [0.15, 0.2) is 0 Å². The fraction of sp³-hybridized carbons (Fsp3) is 0.958. The Morgan fingerprint density at radius 1 is 0.544 bits per heavy atom. The smallest absolute Gasteiger partial charge is 0.313 e. The van der Waals surface area contributed by atoms with Crippen LogP contribution in [0.4, 0.5) is 0 Å². The van der Waals surface area contributed by atoms with E-state index in [9.17, 15) is 40.2 Å². The molecule has 9 nitrogen and oxygen atoms in total. The zero-order valence-electron chi connectivity index (χ0n) is 36.0. The summed E-state index contributed by atoms with van der Waals surface area (Å²) in [7, 11) is 0. The Kier molecular flexibility index (Phi) is 11.5. The minimum atomic E-state index is -0.487. The van der Waals surface area contributed by atoms with Crippen LogP contribution in [0, 0.1) is 92.7 Å². The molecule has 0 spiro atoms. The Hall–Kier alpha value is -1.10. The molecule has 0 radical (unpaired) electrons. The average Bonchev–Trinajstić information content (AvgIpc) is 3.70. The molecule has 0 saturated heterocycles. The molecular formula is C48H78O9. The van der Waals surface area contributed by atoms with Crippen molar-refractivity contribution in [2.75, 3.05) is 0 Å². The number of carbonyl (C=O) groups excluding carboxylic acids is 2. The summed E-state index contributed by atoms with van der Waals surface area (Å²) in [5.41, 5.74) is -0.618. The molecular weight excluding hydrogens is 721 g/mol. The van der Waals surface area contributed by atoms with Gasteiger partial charge < -0.3 is 35.4 Å². The van der Waals surface area contributed by atoms with E-state index < -0.39 is 36.4 Å². The van der Waals surface area contributed by atoms with Crippen molar-refractivity contribution < 1.29 is 45.0 Å². The highest BCUT2D eigenvalue weighted by Gasteiger charge is 2.67. The van der Waals surface area contributed by atoms with Gasteiger partial charge in [0.05, 0.1) is 36.6 Å². The van der Waals surface area contributed by atoms with Crippen molar-refractivity contribution in [1.29, 1.82) is 0 Å². The van der Waals surface area contributed by atoms with E-state index in [1.54, 1.807) is 0 Å². The van der Waals surface area contributed by atoms with Crippen molar-refractivity contribution in [2.24, 2.45) is 92.7 Å². The third-order valence-electron chi connectivity index (χ3n) is 20.9. The van der Waals surface area contributed by atoms with Gasteiger partial charge in [0.2, 0.25) is 0 Å². The summed E-state index contributed by atoms with van der Waals surface area (Å²) in [6.07, 6.45) is 10.8. The molecule has 8 rings (SSSR count). The number of aliphatic hydroxyl groups excluding tert-OH is 6. The highest BCUT2D eigenvalue weighted by molar-refractivity contribution is 5.85. The first-order valence-corrected chi connectivity index (χ1v) is 23.7. The quantitative estimate of drug-likeness (QED) is 0.114. The van der Waals surface area contributed by atoms with Gasteiger partial charge in [0.1, 0.15) is 0 Å². The molecule has 8 saturated carbocycles. The highest BCUT2D eigenvalue weighted by atomic mass is 16.6. The zero-order valence-corrected chi connectivity index (χ0v) is 36.0.